The van der Waals surface area contributed by atoms with Gasteiger partial charge in [0.1, 0.15) is 0 Å². The molecular formula is C13H16N2O6S. The molecule has 120 valence electrons. The van der Waals surface area contributed by atoms with Crippen molar-refractivity contribution in [2.45, 2.75) is 12.5 Å². The van der Waals surface area contributed by atoms with Crippen molar-refractivity contribution in [2.75, 3.05) is 18.6 Å². The Morgan fingerprint density at radius 2 is 1.95 bits per heavy atom. The summed E-state index contributed by atoms with van der Waals surface area (Å²) in [5.74, 6) is -1.66. The molecule has 1 rings (SSSR count). The second-order valence-electron chi connectivity index (χ2n) is 4.94. The number of aromatic carboxylic acids is 1. The summed E-state index contributed by atoms with van der Waals surface area (Å²) >= 11 is 1.40. The lowest BCUT2D eigenvalue weighted by Crippen LogP contribution is -2.42. The number of amides is 1. The molecule has 0 aliphatic rings. The molecule has 0 heterocycles. The second-order valence-corrected chi connectivity index (χ2v) is 5.81. The molecule has 0 aliphatic carbocycles. The summed E-state index contributed by atoms with van der Waals surface area (Å²) in [5, 5.41) is 32.1. The normalized spacial score (nSPS) is 13.2. The van der Waals surface area contributed by atoms with Crippen LogP contribution in [0.2, 0.25) is 0 Å². The molecule has 22 heavy (non-hydrogen) atoms. The van der Waals surface area contributed by atoms with E-state index in [9.17, 15) is 24.8 Å². The van der Waals surface area contributed by atoms with E-state index in [2.05, 4.69) is 5.32 Å². The fourth-order valence-electron chi connectivity index (χ4n) is 1.71. The highest BCUT2D eigenvalue weighted by molar-refractivity contribution is 7.98. The van der Waals surface area contributed by atoms with Crippen LogP contribution >= 0.6 is 11.8 Å². The quantitative estimate of drug-likeness (QED) is 0.505. The Labute approximate surface area is 130 Å². The number of benzene rings is 1. The SMILES string of the molecule is CSCC(C)(O)CNC(=O)c1cc(C(=O)O)cc([N+](=O)[O-])c1. The van der Waals surface area contributed by atoms with Gasteiger partial charge < -0.3 is 15.5 Å². The van der Waals surface area contributed by atoms with Crippen LogP contribution in [0.25, 0.3) is 0 Å². The number of aliphatic hydroxyl groups is 1. The van der Waals surface area contributed by atoms with E-state index in [4.69, 9.17) is 5.11 Å². The van der Waals surface area contributed by atoms with Gasteiger partial charge in [0.15, 0.2) is 0 Å². The maximum atomic E-state index is 12.0. The Balaban J connectivity index is 2.97. The molecule has 8 nitrogen and oxygen atoms in total. The number of carbonyl (C=O) groups excluding carboxylic acids is 1. The van der Waals surface area contributed by atoms with E-state index in [1.165, 1.54) is 11.8 Å². The van der Waals surface area contributed by atoms with Gasteiger partial charge in [-0.2, -0.15) is 11.8 Å². The molecule has 0 fully saturated rings. The number of carboxylic acid groups (broad SMARTS) is 1. The smallest absolute Gasteiger partial charge is 0.335 e. The molecule has 1 aromatic rings. The van der Waals surface area contributed by atoms with Gasteiger partial charge in [0.05, 0.1) is 16.1 Å². The lowest BCUT2D eigenvalue weighted by Gasteiger charge is -2.22. The minimum absolute atomic E-state index is 0.0578. The average molecular weight is 328 g/mol. The molecule has 0 bridgehead atoms. The van der Waals surface area contributed by atoms with Crippen molar-refractivity contribution >= 4 is 29.3 Å². The highest BCUT2D eigenvalue weighted by atomic mass is 32.2. The number of nitrogens with one attached hydrogen (secondary N) is 1. The Kier molecular flexibility index (Phi) is 5.89. The highest BCUT2D eigenvalue weighted by Crippen LogP contribution is 2.18. The van der Waals surface area contributed by atoms with Gasteiger partial charge in [0.2, 0.25) is 0 Å². The minimum atomic E-state index is -1.37. The summed E-state index contributed by atoms with van der Waals surface area (Å²) in [6.07, 6.45) is 1.80. The molecule has 0 saturated heterocycles. The summed E-state index contributed by atoms with van der Waals surface area (Å²) in [5.41, 5.74) is -2.12. The van der Waals surface area contributed by atoms with Crippen molar-refractivity contribution in [1.82, 2.24) is 5.32 Å². The van der Waals surface area contributed by atoms with Gasteiger partial charge in [0.25, 0.3) is 11.6 Å². The lowest BCUT2D eigenvalue weighted by atomic mass is 10.1. The van der Waals surface area contributed by atoms with E-state index < -0.39 is 28.1 Å². The molecule has 0 saturated carbocycles. The predicted octanol–water partition coefficient (Wildman–Crippen LogP) is 1.14. The summed E-state index contributed by atoms with van der Waals surface area (Å²) in [7, 11) is 0. The van der Waals surface area contributed by atoms with Crippen molar-refractivity contribution in [3.05, 3.63) is 39.4 Å². The Hall–Kier alpha value is -2.13. The topological polar surface area (TPSA) is 130 Å². The number of thioether (sulfide) groups is 1. The summed E-state index contributed by atoms with van der Waals surface area (Å²) in [6, 6.07) is 2.92. The third-order valence-electron chi connectivity index (χ3n) is 2.72. The van der Waals surface area contributed by atoms with Crippen LogP contribution < -0.4 is 5.32 Å². The molecular weight excluding hydrogens is 312 g/mol. The average Bonchev–Trinajstić information content (AvgIpc) is 2.44. The van der Waals surface area contributed by atoms with E-state index in [1.54, 1.807) is 13.2 Å². The first-order valence-electron chi connectivity index (χ1n) is 6.18. The predicted molar refractivity (Wildman–Crippen MR) is 81.4 cm³/mol. The van der Waals surface area contributed by atoms with Crippen molar-refractivity contribution in [1.29, 1.82) is 0 Å². The van der Waals surface area contributed by atoms with Crippen molar-refractivity contribution in [3.8, 4) is 0 Å². The Morgan fingerprint density at radius 1 is 1.36 bits per heavy atom. The zero-order valence-electron chi connectivity index (χ0n) is 12.0. The molecule has 0 aromatic heterocycles. The van der Waals surface area contributed by atoms with Gasteiger partial charge in [-0.3, -0.25) is 14.9 Å². The molecule has 0 radical (unpaired) electrons. The molecule has 1 unspecified atom stereocenters. The first-order valence-corrected chi connectivity index (χ1v) is 7.58. The van der Waals surface area contributed by atoms with Gasteiger partial charge in [-0.05, 0) is 19.2 Å². The molecule has 3 N–H and O–H groups in total. The maximum absolute atomic E-state index is 12.0. The number of carbonyl (C=O) groups is 2. The molecule has 1 aromatic carbocycles. The van der Waals surface area contributed by atoms with Crippen LogP contribution in [0, 0.1) is 10.1 Å². The number of rotatable bonds is 7. The fraction of sp³-hybridized carbons (Fsp3) is 0.385. The van der Waals surface area contributed by atoms with E-state index >= 15 is 0 Å². The molecule has 9 heteroatoms. The second kappa shape index (κ2) is 7.23. The summed E-state index contributed by atoms with van der Waals surface area (Å²) in [6.45, 7) is 1.48. The number of hydrogen-bond donors (Lipinski definition) is 3. The number of non-ortho nitro benzene ring substituents is 1. The monoisotopic (exact) mass is 328 g/mol. The summed E-state index contributed by atoms with van der Waals surface area (Å²) < 4.78 is 0. The van der Waals surface area contributed by atoms with Crippen LogP contribution in [0.15, 0.2) is 18.2 Å². The number of carboxylic acids is 1. The van der Waals surface area contributed by atoms with Crippen LogP contribution in [-0.4, -0.2) is 51.2 Å². The van der Waals surface area contributed by atoms with Gasteiger partial charge in [-0.1, -0.05) is 0 Å². The number of hydrogen-bond acceptors (Lipinski definition) is 6. The minimum Gasteiger partial charge on any atom is -0.478 e. The Bertz CT molecular complexity index is 570. The molecule has 1 atom stereocenters. The zero-order valence-corrected chi connectivity index (χ0v) is 12.8. The van der Waals surface area contributed by atoms with Gasteiger partial charge >= 0.3 is 5.97 Å². The van der Waals surface area contributed by atoms with Crippen molar-refractivity contribution < 1.29 is 24.7 Å². The van der Waals surface area contributed by atoms with Crippen molar-refractivity contribution in [3.63, 3.8) is 0 Å². The third-order valence-corrected chi connectivity index (χ3v) is 3.63. The van der Waals surface area contributed by atoms with E-state index in [0.29, 0.717) is 5.75 Å². The molecule has 0 spiro atoms. The van der Waals surface area contributed by atoms with E-state index in [1.807, 2.05) is 0 Å². The largest absolute Gasteiger partial charge is 0.478 e. The number of nitro groups is 1. The van der Waals surface area contributed by atoms with Gasteiger partial charge in [-0.15, -0.1) is 0 Å². The van der Waals surface area contributed by atoms with Crippen molar-refractivity contribution in [2.24, 2.45) is 0 Å². The molecule has 1 amide bonds. The van der Waals surface area contributed by atoms with Crippen LogP contribution in [0.1, 0.15) is 27.6 Å². The van der Waals surface area contributed by atoms with Crippen LogP contribution in [0.5, 0.6) is 0 Å². The van der Waals surface area contributed by atoms with Crippen LogP contribution in [0.4, 0.5) is 5.69 Å². The Morgan fingerprint density at radius 3 is 2.45 bits per heavy atom. The van der Waals surface area contributed by atoms with E-state index in [-0.39, 0.29) is 17.7 Å². The maximum Gasteiger partial charge on any atom is 0.335 e. The van der Waals surface area contributed by atoms with Crippen LogP contribution in [0.3, 0.4) is 0 Å². The van der Waals surface area contributed by atoms with Crippen LogP contribution in [-0.2, 0) is 0 Å². The van der Waals surface area contributed by atoms with Gasteiger partial charge in [-0.25, -0.2) is 4.79 Å². The number of nitrogens with zero attached hydrogens (tertiary/aromatic N) is 1. The van der Waals surface area contributed by atoms with E-state index in [0.717, 1.165) is 18.2 Å². The zero-order chi connectivity index (χ0) is 16.9. The number of nitro benzene ring substituents is 1. The standard InChI is InChI=1S/C13H16N2O6S/c1-13(19,7-22-2)6-14-11(16)8-3-9(12(17)18)5-10(4-8)15(20)21/h3-5,19H,6-7H2,1-2H3,(H,14,16)(H,17,18). The highest BCUT2D eigenvalue weighted by Gasteiger charge is 2.22. The lowest BCUT2D eigenvalue weighted by molar-refractivity contribution is -0.384. The first kappa shape index (κ1) is 17.9. The first-order chi connectivity index (χ1) is 10.2. The fourth-order valence-corrected chi connectivity index (χ4v) is 2.43. The molecule has 0 aliphatic heterocycles. The summed E-state index contributed by atoms with van der Waals surface area (Å²) in [4.78, 5) is 33.0. The van der Waals surface area contributed by atoms with Gasteiger partial charge in [0, 0.05) is 30.0 Å². The third kappa shape index (κ3) is 5.01.